The molecular weight excluding hydrogens is 399 g/mol. The molecule has 0 saturated carbocycles. The number of carbonyl (C=O) groups is 1. The van der Waals surface area contributed by atoms with Crippen LogP contribution in [0.4, 0.5) is 13.2 Å². The zero-order valence-corrected chi connectivity index (χ0v) is 16.4. The highest BCUT2D eigenvalue weighted by Crippen LogP contribution is 2.14. The second-order valence-electron chi connectivity index (χ2n) is 6.74. The molecule has 0 aromatic heterocycles. The summed E-state index contributed by atoms with van der Waals surface area (Å²) < 4.78 is 69.2. The number of morpholine rings is 1. The predicted molar refractivity (Wildman–Crippen MR) is 96.5 cm³/mol. The molecule has 1 aromatic rings. The first kappa shape index (κ1) is 22.6. The smallest absolute Gasteiger partial charge is 0.373 e. The fourth-order valence-corrected chi connectivity index (χ4v) is 3.98. The second kappa shape index (κ2) is 9.21. The molecule has 0 spiro atoms. The minimum Gasteiger partial charge on any atom is -0.373 e. The number of carbonyl (C=O) groups excluding carboxylic acids is 1. The molecule has 1 aliphatic rings. The van der Waals surface area contributed by atoms with Crippen LogP contribution in [0.5, 0.6) is 0 Å². The van der Waals surface area contributed by atoms with Crippen molar-refractivity contribution in [2.45, 2.75) is 37.1 Å². The summed E-state index contributed by atoms with van der Waals surface area (Å²) >= 11 is 0. The normalized spacial score (nSPS) is 21.5. The highest BCUT2D eigenvalue weighted by Gasteiger charge is 2.28. The van der Waals surface area contributed by atoms with E-state index >= 15 is 0 Å². The molecule has 2 N–H and O–H groups in total. The molecule has 0 aliphatic carbocycles. The first-order valence-corrected chi connectivity index (χ1v) is 10.3. The topological polar surface area (TPSA) is 87.7 Å². The van der Waals surface area contributed by atoms with Gasteiger partial charge in [0.25, 0.3) is 5.91 Å². The summed E-state index contributed by atoms with van der Waals surface area (Å²) in [6, 6.07) is 4.71. The Balaban J connectivity index is 1.88. The van der Waals surface area contributed by atoms with E-state index in [-0.39, 0.29) is 29.2 Å². The maximum atomic E-state index is 12.3. The molecule has 11 heteroatoms. The monoisotopic (exact) mass is 423 g/mol. The minimum atomic E-state index is -4.51. The van der Waals surface area contributed by atoms with E-state index in [0.717, 1.165) is 0 Å². The number of hydrogen-bond acceptors (Lipinski definition) is 5. The Kier molecular flexibility index (Phi) is 7.43. The van der Waals surface area contributed by atoms with E-state index in [0.29, 0.717) is 19.6 Å². The molecule has 1 amide bonds. The van der Waals surface area contributed by atoms with E-state index in [4.69, 9.17) is 4.74 Å². The molecule has 2 rings (SSSR count). The van der Waals surface area contributed by atoms with Crippen LogP contribution in [0.1, 0.15) is 24.2 Å². The van der Waals surface area contributed by atoms with Crippen molar-refractivity contribution in [2.24, 2.45) is 0 Å². The van der Waals surface area contributed by atoms with Crippen molar-refractivity contribution in [2.75, 3.05) is 32.7 Å². The molecular formula is C17H24F3N3O4S. The van der Waals surface area contributed by atoms with Crippen LogP contribution in [0, 0.1) is 0 Å². The van der Waals surface area contributed by atoms with Crippen molar-refractivity contribution in [3.05, 3.63) is 29.8 Å². The van der Waals surface area contributed by atoms with Crippen molar-refractivity contribution in [3.8, 4) is 0 Å². The third kappa shape index (κ3) is 7.04. The molecule has 158 valence electrons. The average Bonchev–Trinajstić information content (AvgIpc) is 2.58. The molecule has 0 bridgehead atoms. The zero-order chi connectivity index (χ0) is 20.9. The molecule has 1 aliphatic heterocycles. The van der Waals surface area contributed by atoms with Gasteiger partial charge < -0.3 is 10.1 Å². The SMILES string of the molecule is CC1CN(CCNS(=O)(=O)c2ccc(C(=O)NCC(F)(F)F)cc2)CC(C)O1. The van der Waals surface area contributed by atoms with Crippen molar-refractivity contribution in [1.82, 2.24) is 14.9 Å². The number of amides is 1. The van der Waals surface area contributed by atoms with Gasteiger partial charge in [-0.2, -0.15) is 13.2 Å². The van der Waals surface area contributed by atoms with Gasteiger partial charge in [0.05, 0.1) is 17.1 Å². The van der Waals surface area contributed by atoms with E-state index in [9.17, 15) is 26.4 Å². The van der Waals surface area contributed by atoms with Crippen LogP contribution in [0.15, 0.2) is 29.2 Å². The molecule has 2 unspecified atom stereocenters. The van der Waals surface area contributed by atoms with Gasteiger partial charge in [0, 0.05) is 31.7 Å². The molecule has 1 saturated heterocycles. The minimum absolute atomic E-state index is 0.0560. The summed E-state index contributed by atoms with van der Waals surface area (Å²) in [5.74, 6) is -0.926. The lowest BCUT2D eigenvalue weighted by atomic mass is 10.2. The summed E-state index contributed by atoms with van der Waals surface area (Å²) in [7, 11) is -3.79. The van der Waals surface area contributed by atoms with Gasteiger partial charge in [-0.3, -0.25) is 9.69 Å². The Morgan fingerprint density at radius 2 is 1.75 bits per heavy atom. The number of halogens is 3. The van der Waals surface area contributed by atoms with Crippen LogP contribution in [0.3, 0.4) is 0 Å². The maximum absolute atomic E-state index is 12.3. The highest BCUT2D eigenvalue weighted by atomic mass is 32.2. The Bertz CT molecular complexity index is 759. The van der Waals surface area contributed by atoms with Crippen LogP contribution in [-0.2, 0) is 14.8 Å². The number of ether oxygens (including phenoxy) is 1. The van der Waals surface area contributed by atoms with E-state index in [2.05, 4.69) is 9.62 Å². The summed E-state index contributed by atoms with van der Waals surface area (Å²) in [5.41, 5.74) is -0.0560. The molecule has 28 heavy (non-hydrogen) atoms. The Hall–Kier alpha value is -1.69. The zero-order valence-electron chi connectivity index (χ0n) is 15.6. The highest BCUT2D eigenvalue weighted by molar-refractivity contribution is 7.89. The van der Waals surface area contributed by atoms with Gasteiger partial charge >= 0.3 is 6.18 Å². The number of benzene rings is 1. The van der Waals surface area contributed by atoms with Gasteiger partial charge in [0.2, 0.25) is 10.0 Å². The first-order chi connectivity index (χ1) is 13.0. The second-order valence-corrected chi connectivity index (χ2v) is 8.50. The van der Waals surface area contributed by atoms with Crippen molar-refractivity contribution in [1.29, 1.82) is 0 Å². The predicted octanol–water partition coefficient (Wildman–Crippen LogP) is 1.37. The van der Waals surface area contributed by atoms with Crippen molar-refractivity contribution < 1.29 is 31.1 Å². The largest absolute Gasteiger partial charge is 0.405 e. The lowest BCUT2D eigenvalue weighted by Crippen LogP contribution is -2.47. The van der Waals surface area contributed by atoms with E-state index in [1.807, 2.05) is 13.8 Å². The molecule has 2 atom stereocenters. The quantitative estimate of drug-likeness (QED) is 0.692. The van der Waals surface area contributed by atoms with Gasteiger partial charge in [0.15, 0.2) is 0 Å². The number of nitrogens with zero attached hydrogens (tertiary/aromatic N) is 1. The van der Waals surface area contributed by atoms with Crippen LogP contribution >= 0.6 is 0 Å². The Morgan fingerprint density at radius 1 is 1.18 bits per heavy atom. The van der Waals surface area contributed by atoms with Gasteiger partial charge in [-0.15, -0.1) is 0 Å². The van der Waals surface area contributed by atoms with Gasteiger partial charge in [-0.25, -0.2) is 13.1 Å². The number of rotatable bonds is 7. The first-order valence-electron chi connectivity index (χ1n) is 8.79. The maximum Gasteiger partial charge on any atom is 0.405 e. The standard InChI is InChI=1S/C17H24F3N3O4S/c1-12-9-23(10-13(2)27-12)8-7-22-28(25,26)15-5-3-14(4-6-15)16(24)21-11-17(18,19)20/h3-6,12-13,22H,7-11H2,1-2H3,(H,21,24). The summed E-state index contributed by atoms with van der Waals surface area (Å²) in [6.45, 7) is 4.62. The molecule has 0 radical (unpaired) electrons. The van der Waals surface area contributed by atoms with Crippen LogP contribution in [-0.4, -0.2) is 70.3 Å². The fraction of sp³-hybridized carbons (Fsp3) is 0.588. The van der Waals surface area contributed by atoms with Gasteiger partial charge in [-0.05, 0) is 38.1 Å². The van der Waals surface area contributed by atoms with Crippen molar-refractivity contribution in [3.63, 3.8) is 0 Å². The number of alkyl halides is 3. The molecule has 1 fully saturated rings. The fourth-order valence-electron chi connectivity index (χ4n) is 2.96. The van der Waals surface area contributed by atoms with Gasteiger partial charge in [0.1, 0.15) is 6.54 Å². The molecule has 7 nitrogen and oxygen atoms in total. The lowest BCUT2D eigenvalue weighted by molar-refractivity contribution is -0.123. The number of nitrogens with one attached hydrogen (secondary N) is 2. The summed E-state index contributed by atoms with van der Waals surface area (Å²) in [4.78, 5) is 13.7. The van der Waals surface area contributed by atoms with E-state index < -0.39 is 28.7 Å². The lowest BCUT2D eigenvalue weighted by Gasteiger charge is -2.35. The van der Waals surface area contributed by atoms with Crippen LogP contribution < -0.4 is 10.0 Å². The third-order valence-electron chi connectivity index (χ3n) is 4.09. The van der Waals surface area contributed by atoms with E-state index in [1.54, 1.807) is 5.32 Å². The molecule has 1 heterocycles. The van der Waals surface area contributed by atoms with Gasteiger partial charge in [-0.1, -0.05) is 0 Å². The van der Waals surface area contributed by atoms with Crippen LogP contribution in [0.2, 0.25) is 0 Å². The van der Waals surface area contributed by atoms with Crippen molar-refractivity contribution >= 4 is 15.9 Å². The summed E-state index contributed by atoms with van der Waals surface area (Å²) in [6.07, 6.45) is -4.35. The Labute approximate surface area is 162 Å². The average molecular weight is 423 g/mol. The molecule has 1 aromatic carbocycles. The summed E-state index contributed by atoms with van der Waals surface area (Å²) in [5, 5.41) is 1.73. The van der Waals surface area contributed by atoms with Crippen LogP contribution in [0.25, 0.3) is 0 Å². The third-order valence-corrected chi connectivity index (χ3v) is 5.57. The number of sulfonamides is 1. The number of hydrogen-bond donors (Lipinski definition) is 2. The van der Waals surface area contributed by atoms with E-state index in [1.165, 1.54) is 24.3 Å². The Morgan fingerprint density at radius 3 is 2.29 bits per heavy atom.